The van der Waals surface area contributed by atoms with Crippen LogP contribution in [0.4, 0.5) is 26.3 Å². The second-order valence-electron chi connectivity index (χ2n) is 3.93. The fourth-order valence-corrected chi connectivity index (χ4v) is 1.95. The SMILES string of the molecule is O=C(OC(CS(=O)(=O)O)C(F)(F)F)c1c(F)cc(F)cc1F. The normalized spacial score (nSPS) is 13.8. The maximum Gasteiger partial charge on any atom is 0.426 e. The molecule has 1 aromatic carbocycles. The van der Waals surface area contributed by atoms with E-state index in [-0.39, 0.29) is 12.1 Å². The Hall–Kier alpha value is -1.82. The molecule has 12 heteroatoms. The number of hydrogen-bond donors (Lipinski definition) is 1. The van der Waals surface area contributed by atoms with Crippen LogP contribution >= 0.6 is 0 Å². The highest BCUT2D eigenvalue weighted by Crippen LogP contribution is 2.26. The summed E-state index contributed by atoms with van der Waals surface area (Å²) in [7, 11) is -5.21. The Balaban J connectivity index is 3.12. The molecule has 0 amide bonds. The van der Waals surface area contributed by atoms with Crippen molar-refractivity contribution in [3.63, 3.8) is 0 Å². The van der Waals surface area contributed by atoms with Gasteiger partial charge in [0.2, 0.25) is 6.10 Å². The second-order valence-corrected chi connectivity index (χ2v) is 5.43. The van der Waals surface area contributed by atoms with Crippen molar-refractivity contribution in [3.8, 4) is 0 Å². The standard InChI is InChI=1S/C10H6F6O5S/c11-4-1-5(12)8(6(13)2-4)9(17)21-7(10(14,15)16)3-22(18,19)20/h1-2,7H,3H2,(H,18,19,20). The first kappa shape index (κ1) is 18.2. The molecule has 5 nitrogen and oxygen atoms in total. The zero-order chi connectivity index (χ0) is 17.3. The minimum absolute atomic E-state index is 0.0189. The highest BCUT2D eigenvalue weighted by Gasteiger charge is 2.46. The Morgan fingerprint density at radius 2 is 1.64 bits per heavy atom. The van der Waals surface area contributed by atoms with Crippen LogP contribution in [0.5, 0.6) is 0 Å². The van der Waals surface area contributed by atoms with Crippen LogP contribution in [0.25, 0.3) is 0 Å². The topological polar surface area (TPSA) is 80.7 Å². The zero-order valence-electron chi connectivity index (χ0n) is 10.2. The molecule has 0 saturated carbocycles. The number of carbonyl (C=O) groups excluding carboxylic acids is 1. The smallest absolute Gasteiger partial charge is 0.426 e. The fourth-order valence-electron chi connectivity index (χ4n) is 1.31. The van der Waals surface area contributed by atoms with Gasteiger partial charge in [0.1, 0.15) is 28.8 Å². The lowest BCUT2D eigenvalue weighted by molar-refractivity contribution is -0.197. The van der Waals surface area contributed by atoms with Crippen molar-refractivity contribution < 1.29 is 48.8 Å². The first-order valence-corrected chi connectivity index (χ1v) is 6.79. The average Bonchev–Trinajstić information content (AvgIpc) is 2.22. The van der Waals surface area contributed by atoms with Gasteiger partial charge in [-0.15, -0.1) is 0 Å². The maximum atomic E-state index is 13.2. The Bertz CT molecular complexity index is 661. The third-order valence-corrected chi connectivity index (χ3v) is 2.91. The molecular weight excluding hydrogens is 346 g/mol. The van der Waals surface area contributed by atoms with Crippen LogP contribution in [0.15, 0.2) is 12.1 Å². The summed E-state index contributed by atoms with van der Waals surface area (Å²) in [6.45, 7) is 0. The Morgan fingerprint density at radius 1 is 1.18 bits per heavy atom. The predicted molar refractivity (Wildman–Crippen MR) is 58.0 cm³/mol. The Morgan fingerprint density at radius 3 is 2.00 bits per heavy atom. The van der Waals surface area contributed by atoms with E-state index in [1.54, 1.807) is 0 Å². The predicted octanol–water partition coefficient (Wildman–Crippen LogP) is 2.08. The van der Waals surface area contributed by atoms with Crippen molar-refractivity contribution >= 4 is 16.1 Å². The van der Waals surface area contributed by atoms with E-state index in [0.717, 1.165) is 0 Å². The number of alkyl halides is 3. The van der Waals surface area contributed by atoms with E-state index in [1.807, 2.05) is 0 Å². The van der Waals surface area contributed by atoms with E-state index in [9.17, 15) is 39.6 Å². The summed E-state index contributed by atoms with van der Waals surface area (Å²) in [6, 6.07) is 0.0378. The van der Waals surface area contributed by atoms with Gasteiger partial charge in [0.05, 0.1) is 0 Å². The quantitative estimate of drug-likeness (QED) is 0.510. The van der Waals surface area contributed by atoms with Crippen molar-refractivity contribution in [1.29, 1.82) is 0 Å². The highest BCUT2D eigenvalue weighted by molar-refractivity contribution is 7.85. The molecule has 1 unspecified atom stereocenters. The molecule has 0 spiro atoms. The van der Waals surface area contributed by atoms with Gasteiger partial charge in [-0.25, -0.2) is 18.0 Å². The first-order chi connectivity index (χ1) is 9.81. The van der Waals surface area contributed by atoms with Crippen molar-refractivity contribution in [1.82, 2.24) is 0 Å². The number of rotatable bonds is 4. The molecular formula is C10H6F6O5S. The number of esters is 1. The first-order valence-electron chi connectivity index (χ1n) is 5.18. The van der Waals surface area contributed by atoms with Crippen LogP contribution < -0.4 is 0 Å². The van der Waals surface area contributed by atoms with Gasteiger partial charge in [0.15, 0.2) is 0 Å². The van der Waals surface area contributed by atoms with Crippen LogP contribution in [0.2, 0.25) is 0 Å². The van der Waals surface area contributed by atoms with Crippen LogP contribution in [0.1, 0.15) is 10.4 Å². The van der Waals surface area contributed by atoms with Crippen LogP contribution in [0.3, 0.4) is 0 Å². The molecule has 0 aliphatic heterocycles. The lowest BCUT2D eigenvalue weighted by atomic mass is 10.2. The molecule has 0 aliphatic carbocycles. The molecule has 0 fully saturated rings. The lowest BCUT2D eigenvalue weighted by Gasteiger charge is -2.19. The molecule has 1 N–H and O–H groups in total. The maximum absolute atomic E-state index is 13.2. The van der Waals surface area contributed by atoms with E-state index in [1.165, 1.54) is 0 Å². The van der Waals surface area contributed by atoms with Gasteiger partial charge >= 0.3 is 12.1 Å². The minimum atomic E-state index is -5.43. The molecule has 0 aromatic heterocycles. The number of benzene rings is 1. The summed E-state index contributed by atoms with van der Waals surface area (Å²) in [4.78, 5) is 11.3. The molecule has 0 radical (unpaired) electrons. The van der Waals surface area contributed by atoms with Crippen LogP contribution in [0, 0.1) is 17.5 Å². The van der Waals surface area contributed by atoms with E-state index >= 15 is 0 Å². The van der Waals surface area contributed by atoms with Gasteiger partial charge < -0.3 is 4.74 Å². The highest BCUT2D eigenvalue weighted by atomic mass is 32.2. The summed E-state index contributed by atoms with van der Waals surface area (Å²) in [5.74, 6) is -9.38. The average molecular weight is 352 g/mol. The molecule has 22 heavy (non-hydrogen) atoms. The summed E-state index contributed by atoms with van der Waals surface area (Å²) in [5.41, 5.74) is -1.63. The van der Waals surface area contributed by atoms with E-state index in [2.05, 4.69) is 4.74 Å². The van der Waals surface area contributed by atoms with Crippen molar-refractivity contribution in [2.24, 2.45) is 0 Å². The number of hydrogen-bond acceptors (Lipinski definition) is 4. The molecule has 1 rings (SSSR count). The molecule has 0 saturated heterocycles. The number of ether oxygens (including phenoxy) is 1. The number of carbonyl (C=O) groups is 1. The van der Waals surface area contributed by atoms with Gasteiger partial charge in [-0.1, -0.05) is 0 Å². The summed E-state index contributed by atoms with van der Waals surface area (Å²) in [5, 5.41) is 0. The number of halogens is 6. The van der Waals surface area contributed by atoms with Gasteiger partial charge in [0, 0.05) is 12.1 Å². The Labute approximate surface area is 119 Å². The molecule has 1 aromatic rings. The third kappa shape index (κ3) is 4.87. The van der Waals surface area contributed by atoms with Crippen LogP contribution in [-0.2, 0) is 14.9 Å². The van der Waals surface area contributed by atoms with E-state index in [4.69, 9.17) is 4.55 Å². The molecule has 124 valence electrons. The van der Waals surface area contributed by atoms with Crippen LogP contribution in [-0.4, -0.2) is 37.0 Å². The molecule has 1 atom stereocenters. The van der Waals surface area contributed by atoms with Gasteiger partial charge in [-0.05, 0) is 0 Å². The Kier molecular flexibility index (Phi) is 5.07. The van der Waals surface area contributed by atoms with Crippen molar-refractivity contribution in [2.75, 3.05) is 5.75 Å². The monoisotopic (exact) mass is 352 g/mol. The van der Waals surface area contributed by atoms with E-state index in [0.29, 0.717) is 0 Å². The zero-order valence-corrected chi connectivity index (χ0v) is 11.0. The second kappa shape index (κ2) is 6.12. The van der Waals surface area contributed by atoms with Crippen molar-refractivity contribution in [2.45, 2.75) is 12.3 Å². The van der Waals surface area contributed by atoms with Crippen molar-refractivity contribution in [3.05, 3.63) is 35.1 Å². The van der Waals surface area contributed by atoms with Gasteiger partial charge in [0.25, 0.3) is 10.1 Å². The molecule has 0 bridgehead atoms. The molecule has 0 heterocycles. The largest absolute Gasteiger partial charge is 0.448 e. The fraction of sp³-hybridized carbons (Fsp3) is 0.300. The summed E-state index contributed by atoms with van der Waals surface area (Å²) in [6.07, 6.45) is -8.79. The summed E-state index contributed by atoms with van der Waals surface area (Å²) >= 11 is 0. The van der Waals surface area contributed by atoms with Gasteiger partial charge in [-0.2, -0.15) is 21.6 Å². The van der Waals surface area contributed by atoms with Gasteiger partial charge in [-0.3, -0.25) is 4.55 Å². The minimum Gasteiger partial charge on any atom is -0.448 e. The molecule has 0 aliphatic rings. The lowest BCUT2D eigenvalue weighted by Crippen LogP contribution is -2.39. The summed E-state index contributed by atoms with van der Waals surface area (Å²) < 4.78 is 109. The third-order valence-electron chi connectivity index (χ3n) is 2.19. The van der Waals surface area contributed by atoms with E-state index < -0.39 is 57.1 Å².